The number of para-hydroxylation sites is 2. The summed E-state index contributed by atoms with van der Waals surface area (Å²) < 4.78 is 2.35. The normalized spacial score (nSPS) is 13.8. The van der Waals surface area contributed by atoms with E-state index in [9.17, 15) is 0 Å². The number of allylic oxidation sites excluding steroid dienone is 6. The Labute approximate surface area is 243 Å². The molecule has 0 saturated carbocycles. The van der Waals surface area contributed by atoms with Crippen LogP contribution >= 0.6 is 0 Å². The number of hydrogen-bond acceptors (Lipinski definition) is 1. The summed E-state index contributed by atoms with van der Waals surface area (Å²) in [4.78, 5) is 5.16. The van der Waals surface area contributed by atoms with E-state index in [1.54, 1.807) is 0 Å². The van der Waals surface area contributed by atoms with Crippen molar-refractivity contribution in [2.75, 3.05) is 0 Å². The van der Waals surface area contributed by atoms with Gasteiger partial charge >= 0.3 is 0 Å². The van der Waals surface area contributed by atoms with Crippen LogP contribution < -0.4 is 0 Å². The topological polar surface area (TPSA) is 17.3 Å². The van der Waals surface area contributed by atoms with Crippen molar-refractivity contribution in [2.24, 2.45) is 0 Å². The summed E-state index contributed by atoms with van der Waals surface area (Å²) in [5.41, 5.74) is 9.34. The van der Waals surface area contributed by atoms with Crippen molar-refractivity contribution in [1.29, 1.82) is 0 Å². The molecule has 2 heteroatoms. The van der Waals surface area contributed by atoms with E-state index in [2.05, 4.69) is 150 Å². The minimum atomic E-state index is 0.888. The molecule has 2 aromatic heterocycles. The highest BCUT2D eigenvalue weighted by Crippen LogP contribution is 2.38. The van der Waals surface area contributed by atoms with Gasteiger partial charge in [-0.05, 0) is 86.0 Å². The SMILES string of the molecule is C1=CC(c2ccc3c(c2)c2ccc4ccccc4c2c2nc4ccccc4n32)=CCC=C1c1ccc2ccccc2c1. The first-order valence-corrected chi connectivity index (χ1v) is 14.5. The summed E-state index contributed by atoms with van der Waals surface area (Å²) in [6.07, 6.45) is 10.1. The van der Waals surface area contributed by atoms with E-state index in [0.29, 0.717) is 0 Å². The summed E-state index contributed by atoms with van der Waals surface area (Å²) in [6.45, 7) is 0. The minimum absolute atomic E-state index is 0.888. The highest BCUT2D eigenvalue weighted by molar-refractivity contribution is 6.23. The molecule has 8 aromatic rings. The largest absolute Gasteiger partial charge is 0.292 e. The lowest BCUT2D eigenvalue weighted by atomic mass is 9.96. The van der Waals surface area contributed by atoms with E-state index in [1.807, 2.05) is 0 Å². The maximum atomic E-state index is 5.16. The molecule has 0 aliphatic heterocycles. The standard InChI is InChI=1S/C40H26N2/c1-2-10-30-24-31(19-18-26(30)8-1)27-11-7-12-28(17-16-27)32-21-23-37-35(25-32)34-22-20-29-9-3-4-13-33(29)39(34)40-41-36-14-5-6-15-38(36)42(37)40/h1-6,8-25H,7H2. The second kappa shape index (κ2) is 9.02. The van der Waals surface area contributed by atoms with E-state index < -0.39 is 0 Å². The van der Waals surface area contributed by atoms with Crippen LogP contribution in [0.1, 0.15) is 17.5 Å². The van der Waals surface area contributed by atoms with E-state index in [4.69, 9.17) is 4.98 Å². The first-order valence-electron chi connectivity index (χ1n) is 14.5. The van der Waals surface area contributed by atoms with Crippen molar-refractivity contribution in [3.05, 3.63) is 157 Å². The molecule has 0 unspecified atom stereocenters. The summed E-state index contributed by atoms with van der Waals surface area (Å²) in [5, 5.41) is 8.70. The molecule has 2 heterocycles. The number of rotatable bonds is 2. The fourth-order valence-corrected chi connectivity index (χ4v) is 6.73. The lowest BCUT2D eigenvalue weighted by Gasteiger charge is -2.13. The van der Waals surface area contributed by atoms with Gasteiger partial charge in [0.2, 0.25) is 0 Å². The van der Waals surface area contributed by atoms with Crippen molar-refractivity contribution in [3.63, 3.8) is 0 Å². The third-order valence-corrected chi connectivity index (χ3v) is 8.78. The van der Waals surface area contributed by atoms with Gasteiger partial charge in [0.25, 0.3) is 0 Å². The number of aromatic nitrogens is 2. The molecule has 1 aliphatic rings. The number of nitrogens with zero attached hydrogens (tertiary/aromatic N) is 2. The van der Waals surface area contributed by atoms with Crippen molar-refractivity contribution >= 4 is 71.0 Å². The van der Waals surface area contributed by atoms with Crippen LogP contribution in [0, 0.1) is 0 Å². The minimum Gasteiger partial charge on any atom is -0.292 e. The Morgan fingerprint density at radius 3 is 2.07 bits per heavy atom. The molecule has 0 N–H and O–H groups in total. The Kier molecular flexibility index (Phi) is 4.99. The number of benzene rings is 6. The lowest BCUT2D eigenvalue weighted by molar-refractivity contribution is 1.31. The maximum absolute atomic E-state index is 5.16. The molecular formula is C40H26N2. The summed E-state index contributed by atoms with van der Waals surface area (Å²) in [5.74, 6) is 0. The Hall–Kier alpha value is -5.47. The molecule has 0 fully saturated rings. The first-order chi connectivity index (χ1) is 20.8. The van der Waals surface area contributed by atoms with Gasteiger partial charge in [-0.3, -0.25) is 4.40 Å². The predicted molar refractivity (Wildman–Crippen MR) is 179 cm³/mol. The van der Waals surface area contributed by atoms with Crippen LogP contribution in [0.15, 0.2) is 146 Å². The molecule has 42 heavy (non-hydrogen) atoms. The molecule has 0 spiro atoms. The quantitative estimate of drug-likeness (QED) is 0.202. The summed E-state index contributed by atoms with van der Waals surface area (Å²) in [7, 11) is 0. The summed E-state index contributed by atoms with van der Waals surface area (Å²) >= 11 is 0. The number of hydrogen-bond donors (Lipinski definition) is 0. The number of imidazole rings is 1. The third-order valence-electron chi connectivity index (χ3n) is 8.78. The highest BCUT2D eigenvalue weighted by Gasteiger charge is 2.16. The van der Waals surface area contributed by atoms with Crippen LogP contribution in [0.2, 0.25) is 0 Å². The van der Waals surface area contributed by atoms with Gasteiger partial charge < -0.3 is 0 Å². The molecule has 0 radical (unpaired) electrons. The molecule has 0 amide bonds. The third kappa shape index (κ3) is 3.49. The average Bonchev–Trinajstić information content (AvgIpc) is 3.26. The maximum Gasteiger partial charge on any atom is 0.147 e. The molecule has 0 atom stereocenters. The van der Waals surface area contributed by atoms with Gasteiger partial charge in [-0.2, -0.15) is 0 Å². The first kappa shape index (κ1) is 23.3. The summed E-state index contributed by atoms with van der Waals surface area (Å²) in [6, 6.07) is 43.9. The monoisotopic (exact) mass is 534 g/mol. The Morgan fingerprint density at radius 2 is 1.19 bits per heavy atom. The Bertz CT molecular complexity index is 2490. The van der Waals surface area contributed by atoms with Gasteiger partial charge in [-0.25, -0.2) is 4.98 Å². The molecule has 0 bridgehead atoms. The average molecular weight is 535 g/mol. The van der Waals surface area contributed by atoms with Gasteiger partial charge in [0.15, 0.2) is 0 Å². The van der Waals surface area contributed by atoms with Crippen LogP contribution in [0.4, 0.5) is 0 Å². The molecule has 0 saturated heterocycles. The van der Waals surface area contributed by atoms with E-state index in [1.165, 1.54) is 65.5 Å². The van der Waals surface area contributed by atoms with Crippen molar-refractivity contribution in [2.45, 2.75) is 6.42 Å². The van der Waals surface area contributed by atoms with Gasteiger partial charge in [-0.1, -0.05) is 115 Å². The van der Waals surface area contributed by atoms with E-state index in [0.717, 1.165) is 23.1 Å². The van der Waals surface area contributed by atoms with Crippen LogP contribution in [-0.2, 0) is 0 Å². The van der Waals surface area contributed by atoms with Crippen molar-refractivity contribution < 1.29 is 0 Å². The van der Waals surface area contributed by atoms with Crippen molar-refractivity contribution in [1.82, 2.24) is 9.38 Å². The van der Waals surface area contributed by atoms with Crippen LogP contribution in [-0.4, -0.2) is 9.38 Å². The predicted octanol–water partition coefficient (Wildman–Crippen LogP) is 10.5. The van der Waals surface area contributed by atoms with Gasteiger partial charge in [0.1, 0.15) is 5.65 Å². The molecule has 1 aliphatic carbocycles. The van der Waals surface area contributed by atoms with Gasteiger partial charge in [0, 0.05) is 10.8 Å². The second-order valence-corrected chi connectivity index (χ2v) is 11.2. The molecular weight excluding hydrogens is 508 g/mol. The lowest BCUT2D eigenvalue weighted by Crippen LogP contribution is -1.94. The van der Waals surface area contributed by atoms with Crippen LogP contribution in [0.3, 0.4) is 0 Å². The van der Waals surface area contributed by atoms with E-state index >= 15 is 0 Å². The van der Waals surface area contributed by atoms with Gasteiger partial charge in [-0.15, -0.1) is 0 Å². The fourth-order valence-electron chi connectivity index (χ4n) is 6.73. The molecule has 9 rings (SSSR count). The van der Waals surface area contributed by atoms with Gasteiger partial charge in [0.05, 0.1) is 16.6 Å². The van der Waals surface area contributed by atoms with Crippen LogP contribution in [0.25, 0.3) is 71.0 Å². The zero-order valence-corrected chi connectivity index (χ0v) is 23.0. The zero-order valence-electron chi connectivity index (χ0n) is 23.0. The smallest absolute Gasteiger partial charge is 0.147 e. The van der Waals surface area contributed by atoms with E-state index in [-0.39, 0.29) is 0 Å². The molecule has 2 nitrogen and oxygen atoms in total. The molecule has 6 aromatic carbocycles. The Balaban J connectivity index is 1.23. The molecule has 196 valence electrons. The number of fused-ring (bicyclic) bond motifs is 11. The van der Waals surface area contributed by atoms with Crippen molar-refractivity contribution in [3.8, 4) is 0 Å². The van der Waals surface area contributed by atoms with Crippen LogP contribution in [0.5, 0.6) is 0 Å². The highest BCUT2D eigenvalue weighted by atomic mass is 15.0. The number of pyridine rings is 1. The second-order valence-electron chi connectivity index (χ2n) is 11.2. The zero-order chi connectivity index (χ0) is 27.6. The fraction of sp³-hybridized carbons (Fsp3) is 0.0250. The Morgan fingerprint density at radius 1 is 0.500 bits per heavy atom.